The molecule has 21 heavy (non-hydrogen) atoms. The number of nitrogens with two attached hydrogens (primary N) is 1. The van der Waals surface area contributed by atoms with E-state index in [1.54, 1.807) is 25.1 Å². The Kier molecular flexibility index (Phi) is 5.27. The third kappa shape index (κ3) is 4.23. The Morgan fingerprint density at radius 2 is 2.29 bits per heavy atom. The molecule has 0 aliphatic carbocycles. The van der Waals surface area contributed by atoms with E-state index >= 15 is 0 Å². The summed E-state index contributed by atoms with van der Waals surface area (Å²) in [7, 11) is 1.53. The molecule has 0 aliphatic heterocycles. The Bertz CT molecular complexity index is 650. The fraction of sp³-hybridized carbons (Fsp3) is 0.250. The van der Waals surface area contributed by atoms with Gasteiger partial charge in [-0.1, -0.05) is 34.7 Å². The topological polar surface area (TPSA) is 90.1 Å². The standard InChI is InChI=1S/C12H13ClN4O2S2/c1-6(20-12-17-16-11(14)21-12)10(18)15-8-5-7(13)3-4-9(8)19-2/h3-6H,1-2H3,(H2,14,16)(H,15,18)/t6-/m1/s1. The summed E-state index contributed by atoms with van der Waals surface area (Å²) in [5.41, 5.74) is 6.04. The molecule has 1 aromatic heterocycles. The predicted molar refractivity (Wildman–Crippen MR) is 86.3 cm³/mol. The van der Waals surface area contributed by atoms with E-state index in [-0.39, 0.29) is 11.2 Å². The van der Waals surface area contributed by atoms with Gasteiger partial charge in [-0.2, -0.15) is 0 Å². The number of aromatic nitrogens is 2. The molecule has 0 saturated carbocycles. The maximum Gasteiger partial charge on any atom is 0.237 e. The van der Waals surface area contributed by atoms with E-state index < -0.39 is 0 Å². The lowest BCUT2D eigenvalue weighted by Gasteiger charge is -2.13. The van der Waals surface area contributed by atoms with Crippen molar-refractivity contribution in [3.05, 3.63) is 23.2 Å². The minimum Gasteiger partial charge on any atom is -0.495 e. The molecule has 1 aromatic carbocycles. The number of nitrogens with zero attached hydrogens (tertiary/aromatic N) is 2. The average Bonchev–Trinajstić information content (AvgIpc) is 2.84. The molecule has 2 rings (SSSR count). The van der Waals surface area contributed by atoms with Gasteiger partial charge in [0.2, 0.25) is 11.0 Å². The lowest BCUT2D eigenvalue weighted by Crippen LogP contribution is -2.22. The molecule has 9 heteroatoms. The maximum atomic E-state index is 12.2. The van der Waals surface area contributed by atoms with E-state index in [1.165, 1.54) is 30.2 Å². The smallest absolute Gasteiger partial charge is 0.237 e. The molecule has 0 aliphatic rings. The number of nitrogen functional groups attached to an aromatic ring is 1. The fourth-order valence-electron chi connectivity index (χ4n) is 1.49. The number of hydrogen-bond acceptors (Lipinski definition) is 7. The summed E-state index contributed by atoms with van der Waals surface area (Å²) in [6.07, 6.45) is 0. The third-order valence-electron chi connectivity index (χ3n) is 2.49. The molecular weight excluding hydrogens is 332 g/mol. The van der Waals surface area contributed by atoms with Crippen molar-refractivity contribution in [3.8, 4) is 5.75 Å². The van der Waals surface area contributed by atoms with Crippen LogP contribution < -0.4 is 15.8 Å². The van der Waals surface area contributed by atoms with Crippen LogP contribution in [0.3, 0.4) is 0 Å². The number of methoxy groups -OCH3 is 1. The number of carbonyl (C=O) groups is 1. The maximum absolute atomic E-state index is 12.2. The summed E-state index contributed by atoms with van der Waals surface area (Å²) in [5.74, 6) is 0.361. The molecule has 3 N–H and O–H groups in total. The summed E-state index contributed by atoms with van der Waals surface area (Å²) < 4.78 is 5.83. The zero-order valence-electron chi connectivity index (χ0n) is 11.3. The Hall–Kier alpha value is -1.51. The highest BCUT2D eigenvalue weighted by atomic mass is 35.5. The molecule has 2 aromatic rings. The van der Waals surface area contributed by atoms with Gasteiger partial charge in [-0.25, -0.2) is 0 Å². The zero-order valence-corrected chi connectivity index (χ0v) is 13.7. The number of rotatable bonds is 5. The predicted octanol–water partition coefficient (Wildman–Crippen LogP) is 2.90. The molecule has 1 amide bonds. The molecular formula is C12H13ClN4O2S2. The minimum absolute atomic E-state index is 0.186. The summed E-state index contributed by atoms with van der Waals surface area (Å²) in [6, 6.07) is 5.03. The largest absolute Gasteiger partial charge is 0.495 e. The van der Waals surface area contributed by atoms with Crippen LogP contribution in [0.1, 0.15) is 6.92 Å². The van der Waals surface area contributed by atoms with E-state index in [4.69, 9.17) is 22.1 Å². The summed E-state index contributed by atoms with van der Waals surface area (Å²) >= 11 is 8.46. The van der Waals surface area contributed by atoms with Gasteiger partial charge in [0.05, 0.1) is 18.0 Å². The van der Waals surface area contributed by atoms with Crippen LogP contribution in [0.25, 0.3) is 0 Å². The van der Waals surface area contributed by atoms with E-state index in [1.807, 2.05) is 0 Å². The molecule has 1 atom stereocenters. The van der Waals surface area contributed by atoms with Crippen LogP contribution in [0.4, 0.5) is 10.8 Å². The van der Waals surface area contributed by atoms with Crippen molar-refractivity contribution >= 4 is 51.4 Å². The quantitative estimate of drug-likeness (QED) is 0.810. The van der Waals surface area contributed by atoms with Crippen LogP contribution in [0, 0.1) is 0 Å². The number of nitrogens with one attached hydrogen (secondary N) is 1. The number of amides is 1. The molecule has 0 radical (unpaired) electrons. The van der Waals surface area contributed by atoms with Crippen molar-refractivity contribution < 1.29 is 9.53 Å². The highest BCUT2D eigenvalue weighted by molar-refractivity contribution is 8.02. The molecule has 0 spiro atoms. The van der Waals surface area contributed by atoms with Crippen molar-refractivity contribution in [1.82, 2.24) is 10.2 Å². The lowest BCUT2D eigenvalue weighted by molar-refractivity contribution is -0.115. The van der Waals surface area contributed by atoms with E-state index in [0.29, 0.717) is 25.9 Å². The highest BCUT2D eigenvalue weighted by Gasteiger charge is 2.18. The molecule has 6 nitrogen and oxygen atoms in total. The van der Waals surface area contributed by atoms with Crippen molar-refractivity contribution in [2.75, 3.05) is 18.2 Å². The summed E-state index contributed by atoms with van der Waals surface area (Å²) in [5, 5.41) is 10.9. The third-order valence-corrected chi connectivity index (χ3v) is 4.66. The number of halogens is 1. The number of carbonyl (C=O) groups excluding carboxylic acids is 1. The molecule has 0 bridgehead atoms. The van der Waals surface area contributed by atoms with Crippen molar-refractivity contribution in [2.24, 2.45) is 0 Å². The van der Waals surface area contributed by atoms with Crippen LogP contribution in [-0.4, -0.2) is 28.5 Å². The first-order valence-corrected chi connectivity index (χ1v) is 7.97. The Labute approximate surface area is 135 Å². The van der Waals surface area contributed by atoms with Crippen LogP contribution >= 0.6 is 34.7 Å². The average molecular weight is 345 g/mol. The number of hydrogen-bond donors (Lipinski definition) is 2. The lowest BCUT2D eigenvalue weighted by atomic mass is 10.3. The summed E-state index contributed by atoms with van der Waals surface area (Å²) in [4.78, 5) is 12.2. The molecule has 0 fully saturated rings. The van der Waals surface area contributed by atoms with E-state index in [9.17, 15) is 4.79 Å². The van der Waals surface area contributed by atoms with Gasteiger partial charge in [-0.3, -0.25) is 4.79 Å². The first-order valence-electron chi connectivity index (χ1n) is 5.89. The Morgan fingerprint density at radius 1 is 1.52 bits per heavy atom. The van der Waals surface area contributed by atoms with Gasteiger partial charge in [0.15, 0.2) is 4.34 Å². The molecule has 0 unspecified atom stereocenters. The van der Waals surface area contributed by atoms with E-state index in [0.717, 1.165) is 0 Å². The number of ether oxygens (including phenoxy) is 1. The van der Waals surface area contributed by atoms with Crippen molar-refractivity contribution in [3.63, 3.8) is 0 Å². The van der Waals surface area contributed by atoms with E-state index in [2.05, 4.69) is 15.5 Å². The van der Waals surface area contributed by atoms with Gasteiger partial charge in [-0.05, 0) is 25.1 Å². The second-order valence-corrected chi connectivity index (χ2v) is 7.03. The van der Waals surface area contributed by atoms with Crippen molar-refractivity contribution in [2.45, 2.75) is 16.5 Å². The SMILES string of the molecule is COc1ccc(Cl)cc1NC(=O)[C@@H](C)Sc1nnc(N)s1. The number of thioether (sulfide) groups is 1. The first-order chi connectivity index (χ1) is 9.99. The van der Waals surface area contributed by atoms with Gasteiger partial charge in [0.25, 0.3) is 0 Å². The highest BCUT2D eigenvalue weighted by Crippen LogP contribution is 2.31. The fourth-order valence-corrected chi connectivity index (χ4v) is 3.44. The van der Waals surface area contributed by atoms with Gasteiger partial charge >= 0.3 is 0 Å². The first kappa shape index (κ1) is 15.9. The van der Waals surface area contributed by atoms with Gasteiger partial charge in [-0.15, -0.1) is 10.2 Å². The van der Waals surface area contributed by atoms with Crippen LogP contribution in [0.2, 0.25) is 5.02 Å². The monoisotopic (exact) mass is 344 g/mol. The van der Waals surface area contributed by atoms with Gasteiger partial charge in [0, 0.05) is 5.02 Å². The molecule has 112 valence electrons. The Balaban J connectivity index is 2.05. The normalized spacial score (nSPS) is 12.0. The zero-order chi connectivity index (χ0) is 15.4. The van der Waals surface area contributed by atoms with Crippen LogP contribution in [-0.2, 0) is 4.79 Å². The van der Waals surface area contributed by atoms with Gasteiger partial charge in [0.1, 0.15) is 5.75 Å². The molecule has 0 saturated heterocycles. The van der Waals surface area contributed by atoms with Crippen LogP contribution in [0.15, 0.2) is 22.5 Å². The van der Waals surface area contributed by atoms with Crippen molar-refractivity contribution in [1.29, 1.82) is 0 Å². The number of benzene rings is 1. The van der Waals surface area contributed by atoms with Gasteiger partial charge < -0.3 is 15.8 Å². The summed E-state index contributed by atoms with van der Waals surface area (Å²) in [6.45, 7) is 1.77. The second-order valence-electron chi connectivity index (χ2n) is 4.00. The van der Waals surface area contributed by atoms with Crippen LogP contribution in [0.5, 0.6) is 5.75 Å². The molecule has 1 heterocycles. The second kappa shape index (κ2) is 6.97. The Morgan fingerprint density at radius 3 is 2.90 bits per heavy atom. The minimum atomic E-state index is -0.360. The number of anilines is 2.